The Morgan fingerprint density at radius 2 is 2.58 bits per heavy atom. The van der Waals surface area contributed by atoms with E-state index >= 15 is 0 Å². The van der Waals surface area contributed by atoms with Crippen LogP contribution in [0.25, 0.3) is 0 Å². The van der Waals surface area contributed by atoms with Crippen molar-refractivity contribution in [1.82, 2.24) is 10.3 Å². The zero-order valence-corrected chi connectivity index (χ0v) is 7.97. The molecule has 1 aromatic heterocycles. The summed E-state index contributed by atoms with van der Waals surface area (Å²) in [7, 11) is 0. The van der Waals surface area contributed by atoms with E-state index in [-0.39, 0.29) is 6.10 Å². The molecule has 1 aromatic rings. The van der Waals surface area contributed by atoms with Crippen LogP contribution in [0, 0.1) is 0 Å². The first-order valence-electron chi connectivity index (χ1n) is 4.10. The number of nitrogens with zero attached hydrogens (tertiary/aromatic N) is 1. The van der Waals surface area contributed by atoms with E-state index in [4.69, 9.17) is 0 Å². The zero-order valence-electron chi connectivity index (χ0n) is 7.16. The second-order valence-corrected chi connectivity index (χ2v) is 3.57. The number of thiazole rings is 1. The second kappa shape index (κ2) is 5.24. The Hall–Kier alpha value is -0.450. The van der Waals surface area contributed by atoms with Gasteiger partial charge in [-0.25, -0.2) is 4.98 Å². The monoisotopic (exact) mass is 186 g/mol. The number of rotatable bonds is 5. The minimum Gasteiger partial charge on any atom is -0.391 e. The smallest absolute Gasteiger partial charge is 0.0951 e. The highest BCUT2D eigenvalue weighted by Gasteiger charge is 2.05. The van der Waals surface area contributed by atoms with Gasteiger partial charge in [-0.2, -0.15) is 0 Å². The van der Waals surface area contributed by atoms with Crippen LogP contribution < -0.4 is 5.32 Å². The van der Waals surface area contributed by atoms with Crippen molar-refractivity contribution in [2.45, 2.75) is 19.4 Å². The fourth-order valence-electron chi connectivity index (χ4n) is 0.938. The topological polar surface area (TPSA) is 45.1 Å². The molecule has 0 saturated carbocycles. The molecule has 3 nitrogen and oxygen atoms in total. The van der Waals surface area contributed by atoms with Gasteiger partial charge in [0, 0.05) is 24.5 Å². The van der Waals surface area contributed by atoms with Crippen LogP contribution in [-0.2, 0) is 6.42 Å². The van der Waals surface area contributed by atoms with Crippen LogP contribution in [0.15, 0.2) is 11.6 Å². The molecule has 0 amide bonds. The minimum absolute atomic E-state index is 0.309. The summed E-state index contributed by atoms with van der Waals surface area (Å²) in [5.41, 5.74) is 0. The van der Waals surface area contributed by atoms with Gasteiger partial charge in [-0.3, -0.25) is 0 Å². The van der Waals surface area contributed by atoms with Crippen LogP contribution in [0.1, 0.15) is 11.9 Å². The molecule has 0 fully saturated rings. The lowest BCUT2D eigenvalue weighted by atomic mass is 10.2. The number of aliphatic hydroxyl groups excluding tert-OH is 1. The van der Waals surface area contributed by atoms with Crippen molar-refractivity contribution < 1.29 is 5.11 Å². The summed E-state index contributed by atoms with van der Waals surface area (Å²) >= 11 is 1.59. The van der Waals surface area contributed by atoms with Gasteiger partial charge in [0.2, 0.25) is 0 Å². The molecule has 1 heterocycles. The molecule has 1 unspecified atom stereocenters. The van der Waals surface area contributed by atoms with Crippen LogP contribution in [0.2, 0.25) is 0 Å². The normalized spacial score (nSPS) is 13.2. The lowest BCUT2D eigenvalue weighted by molar-refractivity contribution is 0.172. The highest BCUT2D eigenvalue weighted by atomic mass is 32.1. The van der Waals surface area contributed by atoms with Crippen LogP contribution in [0.5, 0.6) is 0 Å². The van der Waals surface area contributed by atoms with Gasteiger partial charge in [0.1, 0.15) is 0 Å². The van der Waals surface area contributed by atoms with Crippen molar-refractivity contribution in [3.05, 3.63) is 16.6 Å². The van der Waals surface area contributed by atoms with E-state index in [1.807, 2.05) is 12.3 Å². The third kappa shape index (κ3) is 3.30. The number of aromatic nitrogens is 1. The first-order chi connectivity index (χ1) is 5.83. The van der Waals surface area contributed by atoms with Crippen LogP contribution >= 0.6 is 11.3 Å². The van der Waals surface area contributed by atoms with Crippen molar-refractivity contribution in [1.29, 1.82) is 0 Å². The zero-order chi connectivity index (χ0) is 8.81. The molecule has 0 aliphatic carbocycles. The van der Waals surface area contributed by atoms with Crippen molar-refractivity contribution >= 4 is 11.3 Å². The quantitative estimate of drug-likeness (QED) is 0.710. The van der Waals surface area contributed by atoms with Crippen LogP contribution in [0.3, 0.4) is 0 Å². The number of nitrogens with one attached hydrogen (secondary N) is 1. The number of hydrogen-bond donors (Lipinski definition) is 2. The van der Waals surface area contributed by atoms with Gasteiger partial charge >= 0.3 is 0 Å². The molecule has 0 saturated heterocycles. The average molecular weight is 186 g/mol. The van der Waals surface area contributed by atoms with Gasteiger partial charge in [-0.15, -0.1) is 11.3 Å². The molecular formula is C8H14N2OS. The molecule has 4 heteroatoms. The van der Waals surface area contributed by atoms with Gasteiger partial charge in [-0.1, -0.05) is 6.92 Å². The molecular weight excluding hydrogens is 172 g/mol. The second-order valence-electron chi connectivity index (χ2n) is 2.59. The minimum atomic E-state index is -0.309. The number of hydrogen-bond acceptors (Lipinski definition) is 4. The highest BCUT2D eigenvalue weighted by molar-refractivity contribution is 7.09. The summed E-state index contributed by atoms with van der Waals surface area (Å²) in [6.45, 7) is 3.57. The summed E-state index contributed by atoms with van der Waals surface area (Å²) in [6.07, 6.45) is 2.11. The molecule has 0 bridgehead atoms. The fourth-order valence-corrected chi connectivity index (χ4v) is 1.63. The molecule has 0 aliphatic heterocycles. The van der Waals surface area contributed by atoms with E-state index in [1.54, 1.807) is 17.5 Å². The number of likely N-dealkylation sites (N-methyl/N-ethyl adjacent to an activating group) is 1. The molecule has 1 rings (SSSR count). The Morgan fingerprint density at radius 1 is 1.75 bits per heavy atom. The van der Waals surface area contributed by atoms with Gasteiger partial charge in [0.05, 0.1) is 11.1 Å². The standard InChI is InChI=1S/C8H14N2OS/c1-2-9-6-7(11)5-8-10-3-4-12-8/h3-4,7,9,11H,2,5-6H2,1H3. The SMILES string of the molecule is CCNCC(O)Cc1nccs1. The third-order valence-corrected chi connectivity index (χ3v) is 2.33. The van der Waals surface area contributed by atoms with Gasteiger partial charge in [0.25, 0.3) is 0 Å². The Bertz CT molecular complexity index is 201. The fraction of sp³-hybridized carbons (Fsp3) is 0.625. The van der Waals surface area contributed by atoms with Crippen LogP contribution in [-0.4, -0.2) is 29.3 Å². The maximum Gasteiger partial charge on any atom is 0.0951 e. The lowest BCUT2D eigenvalue weighted by Gasteiger charge is -2.08. The first kappa shape index (κ1) is 9.64. The maximum absolute atomic E-state index is 9.46. The van der Waals surface area contributed by atoms with Crippen LogP contribution in [0.4, 0.5) is 0 Å². The Balaban J connectivity index is 2.22. The highest BCUT2D eigenvalue weighted by Crippen LogP contribution is 2.06. The summed E-state index contributed by atoms with van der Waals surface area (Å²) in [4.78, 5) is 4.10. The molecule has 68 valence electrons. The first-order valence-corrected chi connectivity index (χ1v) is 4.98. The van der Waals surface area contributed by atoms with E-state index in [9.17, 15) is 5.11 Å². The summed E-state index contributed by atoms with van der Waals surface area (Å²) in [6, 6.07) is 0. The number of aliphatic hydroxyl groups is 1. The van der Waals surface area contributed by atoms with Gasteiger partial charge < -0.3 is 10.4 Å². The molecule has 1 atom stereocenters. The molecule has 12 heavy (non-hydrogen) atoms. The Kier molecular flexibility index (Phi) is 4.21. The largest absolute Gasteiger partial charge is 0.391 e. The Morgan fingerprint density at radius 3 is 3.17 bits per heavy atom. The molecule has 2 N–H and O–H groups in total. The van der Waals surface area contributed by atoms with Crippen molar-refractivity contribution in [3.63, 3.8) is 0 Å². The lowest BCUT2D eigenvalue weighted by Crippen LogP contribution is -2.28. The predicted octanol–water partition coefficient (Wildman–Crippen LogP) is 0.656. The Labute approximate surface area is 76.5 Å². The van der Waals surface area contributed by atoms with E-state index in [1.165, 1.54) is 0 Å². The average Bonchev–Trinajstić information content (AvgIpc) is 2.53. The van der Waals surface area contributed by atoms with E-state index < -0.39 is 0 Å². The van der Waals surface area contributed by atoms with E-state index in [0.29, 0.717) is 13.0 Å². The predicted molar refractivity (Wildman–Crippen MR) is 50.4 cm³/mol. The van der Waals surface area contributed by atoms with Crippen molar-refractivity contribution in [3.8, 4) is 0 Å². The molecule has 0 aliphatic rings. The summed E-state index contributed by atoms with van der Waals surface area (Å²) in [5.74, 6) is 0. The van der Waals surface area contributed by atoms with Crippen molar-refractivity contribution in [2.75, 3.05) is 13.1 Å². The van der Waals surface area contributed by atoms with Gasteiger partial charge in [0.15, 0.2) is 0 Å². The van der Waals surface area contributed by atoms with E-state index in [0.717, 1.165) is 11.6 Å². The maximum atomic E-state index is 9.46. The molecule has 0 aromatic carbocycles. The summed E-state index contributed by atoms with van der Waals surface area (Å²) < 4.78 is 0. The molecule has 0 radical (unpaired) electrons. The van der Waals surface area contributed by atoms with E-state index in [2.05, 4.69) is 10.3 Å². The third-order valence-electron chi connectivity index (χ3n) is 1.52. The van der Waals surface area contributed by atoms with Gasteiger partial charge in [-0.05, 0) is 6.54 Å². The van der Waals surface area contributed by atoms with Crippen molar-refractivity contribution in [2.24, 2.45) is 0 Å². The molecule has 0 spiro atoms. The summed E-state index contributed by atoms with van der Waals surface area (Å²) in [5, 5.41) is 15.5.